The van der Waals surface area contributed by atoms with Crippen molar-refractivity contribution in [3.05, 3.63) is 276 Å². The minimum Gasteiger partial charge on any atom is -0.368 e. The van der Waals surface area contributed by atoms with E-state index in [-0.39, 0.29) is 78.1 Å². The molecule has 0 aliphatic heterocycles. The molecule has 7 N–H and O–H groups in total. The summed E-state index contributed by atoms with van der Waals surface area (Å²) in [5.74, 6) is -11.6. The SMILES string of the molecule is CNc1nccc(-c2sc(-c3ccccc3)nc2-c2cccc(NS(=O)(=O)c3c(F)ccc(C)c3F)c2F)n1.CNc1nccc(-c2sc(-c3cncc(F)c3)nc2-c2cccc(NS(=O)(=O)c3c(F)ccc(C)c3F)c2F)n1.Cc1ccc(F)c(S(=O)(=O)Nc2cccc(-c3nc(-c4cncc(F)c4)sc3-c3ccnc(N)n3)c2F)c1F. The quantitative estimate of drug-likeness (QED) is 0.0386. The van der Waals surface area contributed by atoms with E-state index >= 15 is 13.2 Å². The van der Waals surface area contributed by atoms with Crippen LogP contribution in [0.4, 0.5) is 83.2 Å². The molecule has 7 aromatic carbocycles. The minimum atomic E-state index is -4.87. The van der Waals surface area contributed by atoms with Gasteiger partial charge in [0.1, 0.15) is 61.6 Å². The van der Waals surface area contributed by atoms with Crippen molar-refractivity contribution >= 4 is 99.0 Å². The summed E-state index contributed by atoms with van der Waals surface area (Å²) in [6.45, 7) is 3.84. The van der Waals surface area contributed by atoms with Crippen LogP contribution in [0.3, 0.4) is 0 Å². The van der Waals surface area contributed by atoms with Gasteiger partial charge < -0.3 is 16.4 Å². The Morgan fingerprint density at radius 1 is 0.347 bits per heavy atom. The Morgan fingerprint density at radius 2 is 0.678 bits per heavy atom. The second-order valence-corrected chi connectivity index (χ2v) is 32.8. The maximum atomic E-state index is 15.9. The molecular formula is C78H54F11N17O6S6. The molecule has 0 aliphatic rings. The smallest absolute Gasteiger partial charge is 0.267 e. The van der Waals surface area contributed by atoms with Crippen molar-refractivity contribution in [1.82, 2.24) is 54.8 Å². The highest BCUT2D eigenvalue weighted by Gasteiger charge is 2.33. The second kappa shape index (κ2) is 34.3. The number of nitrogens with zero attached hydrogens (tertiary/aromatic N) is 11. The Labute approximate surface area is 676 Å². The molecule has 15 rings (SSSR count). The van der Waals surface area contributed by atoms with E-state index in [1.54, 1.807) is 32.4 Å². The lowest BCUT2D eigenvalue weighted by Gasteiger charge is -2.13. The monoisotopic (exact) mass is 1730 g/mol. The van der Waals surface area contributed by atoms with Gasteiger partial charge in [-0.2, -0.15) is 0 Å². The van der Waals surface area contributed by atoms with Gasteiger partial charge in [0, 0.05) is 78.5 Å². The van der Waals surface area contributed by atoms with Gasteiger partial charge in [0.25, 0.3) is 30.1 Å². The lowest BCUT2D eigenvalue weighted by Crippen LogP contribution is -2.18. The zero-order valence-corrected chi connectivity index (χ0v) is 65.9. The fourth-order valence-electron chi connectivity index (χ4n) is 11.3. The van der Waals surface area contributed by atoms with Crippen LogP contribution in [0.25, 0.3) is 97.2 Å². The van der Waals surface area contributed by atoms with Gasteiger partial charge >= 0.3 is 0 Å². The summed E-state index contributed by atoms with van der Waals surface area (Å²) >= 11 is 3.39. The van der Waals surface area contributed by atoms with Crippen molar-refractivity contribution in [1.29, 1.82) is 0 Å². The molecule has 600 valence electrons. The number of halogens is 11. The van der Waals surface area contributed by atoms with Gasteiger partial charge in [0.15, 0.2) is 32.1 Å². The van der Waals surface area contributed by atoms with Crippen molar-refractivity contribution in [2.45, 2.75) is 35.5 Å². The van der Waals surface area contributed by atoms with E-state index < -0.39 is 126 Å². The summed E-state index contributed by atoms with van der Waals surface area (Å²) in [7, 11) is -11.3. The Kier molecular flexibility index (Phi) is 24.1. The first-order valence-electron chi connectivity index (χ1n) is 34.0. The molecule has 0 atom stereocenters. The fourth-order valence-corrected chi connectivity index (χ4v) is 18.3. The maximum Gasteiger partial charge on any atom is 0.267 e. The van der Waals surface area contributed by atoms with Crippen LogP contribution in [0.1, 0.15) is 16.7 Å². The number of nitrogens with one attached hydrogen (secondary N) is 5. The number of anilines is 6. The topological polar surface area (TPSA) is 330 Å². The molecule has 0 aliphatic carbocycles. The van der Waals surface area contributed by atoms with Crippen molar-refractivity contribution in [2.24, 2.45) is 0 Å². The summed E-state index contributed by atoms with van der Waals surface area (Å²) in [6, 6.07) is 33.7. The van der Waals surface area contributed by atoms with Crippen LogP contribution in [0.5, 0.6) is 0 Å². The van der Waals surface area contributed by atoms with Crippen LogP contribution in [0.2, 0.25) is 0 Å². The molecule has 0 bridgehead atoms. The van der Waals surface area contributed by atoms with E-state index in [0.29, 0.717) is 48.1 Å². The van der Waals surface area contributed by atoms with Gasteiger partial charge in [-0.3, -0.25) is 24.1 Å². The van der Waals surface area contributed by atoms with Gasteiger partial charge in [-0.25, -0.2) is 118 Å². The Bertz CT molecular complexity index is 6780. The molecule has 23 nitrogen and oxygen atoms in total. The summed E-state index contributed by atoms with van der Waals surface area (Å²) in [4.78, 5) is 43.9. The number of benzene rings is 7. The third-order valence-electron chi connectivity index (χ3n) is 17.0. The molecule has 0 unspecified atom stereocenters. The Morgan fingerprint density at radius 3 is 1.01 bits per heavy atom. The van der Waals surface area contributed by atoms with Gasteiger partial charge in [0.05, 0.1) is 78.3 Å². The van der Waals surface area contributed by atoms with Gasteiger partial charge in [-0.05, 0) is 122 Å². The molecule has 0 spiro atoms. The van der Waals surface area contributed by atoms with E-state index in [4.69, 9.17) is 5.73 Å². The number of rotatable bonds is 20. The lowest BCUT2D eigenvalue weighted by molar-refractivity contribution is 0.514. The first-order chi connectivity index (χ1) is 56.3. The van der Waals surface area contributed by atoms with Gasteiger partial charge in [-0.1, -0.05) is 66.7 Å². The standard InChI is InChI=1S/C27H20F3N5O2S2.C26H18F4N6O2S2.C25H16F4N6O2S2/c1-15-11-12-18(28)25(21(15)29)39(36,37)35-19-10-6-9-17(22(19)30)23-24(20-13-14-32-27(31-2)33-20)38-26(34-23)16-7-4-3-5-8-16;1-13-6-7-17(28)24(20(13)29)40(37,38)36-18-5-3-4-16(21(18)30)22-23(19-8-9-33-26(31-2)34-19)39-25(35-22)14-10-15(27)12-32-11-14;1-12-5-6-16(27)23(19(12)28)39(36,37)35-17-4-2-3-15(20(17)29)21-22(18-7-8-32-25(30)33-18)38-24(34-21)13-9-14(26)11-31-10-13/h3-14,35H,1-2H3,(H,31,32,33);3-12,36H,1-2H3,(H,31,33,34);2-11,35H,1H3,(H2,30,32,33). The molecule has 0 radical (unpaired) electrons. The number of nitrogen functional groups attached to an aromatic ring is 1. The van der Waals surface area contributed by atoms with Crippen LogP contribution in [-0.4, -0.2) is 94.2 Å². The van der Waals surface area contributed by atoms with E-state index in [1.165, 1.54) is 111 Å². The maximum absolute atomic E-state index is 15.9. The van der Waals surface area contributed by atoms with E-state index in [1.807, 2.05) is 44.5 Å². The summed E-state index contributed by atoms with van der Waals surface area (Å²) in [6.07, 6.45) is 9.21. The molecule has 0 saturated carbocycles. The largest absolute Gasteiger partial charge is 0.368 e. The van der Waals surface area contributed by atoms with Crippen LogP contribution >= 0.6 is 34.0 Å². The second-order valence-electron chi connectivity index (χ2n) is 24.9. The molecule has 0 fully saturated rings. The third kappa shape index (κ3) is 17.5. The summed E-state index contributed by atoms with van der Waals surface area (Å²) in [5.41, 5.74) is 6.30. The first kappa shape index (κ1) is 82.8. The molecule has 118 heavy (non-hydrogen) atoms. The van der Waals surface area contributed by atoms with Crippen molar-refractivity contribution in [3.8, 4) is 97.2 Å². The summed E-state index contributed by atoms with van der Waals surface area (Å²) < 4.78 is 246. The lowest BCUT2D eigenvalue weighted by atomic mass is 10.1. The van der Waals surface area contributed by atoms with Crippen LogP contribution in [-0.2, 0) is 30.1 Å². The number of aromatic nitrogens is 11. The molecule has 0 saturated heterocycles. The Hall–Kier alpha value is -13.2. The molecule has 0 amide bonds. The van der Waals surface area contributed by atoms with Crippen LogP contribution in [0, 0.1) is 84.8 Å². The van der Waals surface area contributed by atoms with Crippen LogP contribution < -0.4 is 30.5 Å². The third-order valence-corrected chi connectivity index (χ3v) is 24.5. The van der Waals surface area contributed by atoms with Crippen molar-refractivity contribution in [3.63, 3.8) is 0 Å². The zero-order chi connectivity index (χ0) is 84.2. The fraction of sp³-hybridized carbons (Fsp3) is 0.0641. The average molecular weight is 1730 g/mol. The Balaban J connectivity index is 0.000000153. The molecule has 40 heteroatoms. The molecular weight excluding hydrogens is 1670 g/mol. The number of nitrogens with two attached hydrogens (primary N) is 1. The predicted octanol–water partition coefficient (Wildman–Crippen LogP) is 18.1. The number of thiazole rings is 3. The highest BCUT2D eigenvalue weighted by Crippen LogP contribution is 2.46. The summed E-state index contributed by atoms with van der Waals surface area (Å²) in [5, 5.41) is 6.80. The normalized spacial score (nSPS) is 11.5. The highest BCUT2D eigenvalue weighted by molar-refractivity contribution is 7.93. The average Bonchev–Trinajstić information content (AvgIpc) is 1.75. The zero-order valence-electron chi connectivity index (χ0n) is 61.0. The van der Waals surface area contributed by atoms with Gasteiger partial charge in [-0.15, -0.1) is 34.0 Å². The van der Waals surface area contributed by atoms with E-state index in [9.17, 15) is 60.4 Å². The molecule has 8 heterocycles. The van der Waals surface area contributed by atoms with Crippen molar-refractivity contribution in [2.75, 3.05) is 44.6 Å². The highest BCUT2D eigenvalue weighted by atomic mass is 32.2. The van der Waals surface area contributed by atoms with Gasteiger partial charge in [0.2, 0.25) is 17.8 Å². The first-order valence-corrected chi connectivity index (χ1v) is 40.9. The predicted molar refractivity (Wildman–Crippen MR) is 427 cm³/mol. The van der Waals surface area contributed by atoms with Crippen molar-refractivity contribution < 1.29 is 73.5 Å². The number of sulfonamides is 3. The number of hydrogen-bond acceptors (Lipinski definition) is 23. The van der Waals surface area contributed by atoms with Crippen LogP contribution in [0.15, 0.2) is 210 Å². The molecule has 8 aromatic heterocycles. The molecule has 15 aromatic rings. The number of aryl methyl sites for hydroxylation is 3. The number of hydrogen-bond donors (Lipinski definition) is 6. The number of pyridine rings is 2. The van der Waals surface area contributed by atoms with E-state index in [0.717, 1.165) is 95.2 Å². The minimum absolute atomic E-state index is 0.0292. The van der Waals surface area contributed by atoms with E-state index in [2.05, 4.69) is 65.5 Å².